The van der Waals surface area contributed by atoms with Crippen LogP contribution in [0.2, 0.25) is 0 Å². The van der Waals surface area contributed by atoms with Crippen LogP contribution in [0.4, 0.5) is 4.39 Å². The van der Waals surface area contributed by atoms with Crippen LogP contribution in [0.1, 0.15) is 23.2 Å². The maximum Gasteiger partial charge on any atom is 0.256 e. The topological polar surface area (TPSA) is 32.8 Å². The van der Waals surface area contributed by atoms with Crippen LogP contribution in [0.5, 0.6) is 0 Å². The minimum atomic E-state index is -0.450. The molecule has 6 heteroatoms. The zero-order valence-corrected chi connectivity index (χ0v) is 14.7. The van der Waals surface area contributed by atoms with E-state index in [0.29, 0.717) is 19.0 Å². The van der Waals surface area contributed by atoms with E-state index in [2.05, 4.69) is 20.8 Å². The number of amides is 1. The van der Waals surface area contributed by atoms with E-state index < -0.39 is 5.82 Å². The number of carbonyl (C=O) groups is 1. The first-order valence-corrected chi connectivity index (χ1v) is 8.97. The van der Waals surface area contributed by atoms with Crippen molar-refractivity contribution in [2.75, 3.05) is 45.9 Å². The fourth-order valence-corrected chi connectivity index (χ4v) is 3.74. The van der Waals surface area contributed by atoms with E-state index in [4.69, 9.17) is 4.74 Å². The van der Waals surface area contributed by atoms with Gasteiger partial charge in [-0.2, -0.15) is 0 Å². The molecule has 0 aliphatic carbocycles. The maximum atomic E-state index is 14.0. The summed E-state index contributed by atoms with van der Waals surface area (Å²) in [6.07, 6.45) is 2.11. The molecular formula is C17H22BrFN2O2. The van der Waals surface area contributed by atoms with Crippen molar-refractivity contribution in [2.24, 2.45) is 5.92 Å². The van der Waals surface area contributed by atoms with E-state index in [1.807, 2.05) is 0 Å². The van der Waals surface area contributed by atoms with Gasteiger partial charge in [0.25, 0.3) is 5.91 Å². The molecule has 1 amide bonds. The molecule has 0 spiro atoms. The average molecular weight is 385 g/mol. The van der Waals surface area contributed by atoms with Crippen molar-refractivity contribution < 1.29 is 13.9 Å². The molecule has 1 aromatic rings. The maximum absolute atomic E-state index is 14.0. The molecule has 1 atom stereocenters. The van der Waals surface area contributed by atoms with Gasteiger partial charge in [-0.25, -0.2) is 4.39 Å². The van der Waals surface area contributed by atoms with E-state index >= 15 is 0 Å². The number of carbonyl (C=O) groups excluding carboxylic acids is 1. The molecule has 2 saturated heterocycles. The molecule has 3 rings (SSSR count). The fraction of sp³-hybridized carbons (Fsp3) is 0.588. The van der Waals surface area contributed by atoms with Gasteiger partial charge in [0.05, 0.1) is 18.8 Å². The average Bonchev–Trinajstić information content (AvgIpc) is 2.57. The third-order valence-corrected chi connectivity index (χ3v) is 5.08. The van der Waals surface area contributed by atoms with Crippen LogP contribution < -0.4 is 0 Å². The van der Waals surface area contributed by atoms with Gasteiger partial charge in [0.1, 0.15) is 5.82 Å². The number of piperidine rings is 1. The summed E-state index contributed by atoms with van der Waals surface area (Å²) in [5.41, 5.74) is 0.159. The van der Waals surface area contributed by atoms with Crippen molar-refractivity contribution in [2.45, 2.75) is 12.8 Å². The zero-order valence-electron chi connectivity index (χ0n) is 13.1. The Morgan fingerprint density at radius 1 is 1.30 bits per heavy atom. The minimum absolute atomic E-state index is 0.159. The molecule has 23 heavy (non-hydrogen) atoms. The van der Waals surface area contributed by atoms with Crippen molar-refractivity contribution >= 4 is 21.8 Å². The molecule has 0 saturated carbocycles. The Balaban J connectivity index is 1.63. The molecule has 0 bridgehead atoms. The van der Waals surface area contributed by atoms with Gasteiger partial charge in [-0.05, 0) is 37.0 Å². The highest BCUT2D eigenvalue weighted by Gasteiger charge is 2.27. The largest absolute Gasteiger partial charge is 0.379 e. The summed E-state index contributed by atoms with van der Waals surface area (Å²) >= 11 is 3.31. The molecule has 126 valence electrons. The summed E-state index contributed by atoms with van der Waals surface area (Å²) in [5.74, 6) is -0.190. The van der Waals surface area contributed by atoms with Crippen LogP contribution in [0.25, 0.3) is 0 Å². The Morgan fingerprint density at radius 2 is 2.09 bits per heavy atom. The molecular weight excluding hydrogens is 363 g/mol. The van der Waals surface area contributed by atoms with Crippen LogP contribution in [0, 0.1) is 11.7 Å². The summed E-state index contributed by atoms with van der Waals surface area (Å²) in [5, 5.41) is 0. The monoisotopic (exact) mass is 384 g/mol. The van der Waals surface area contributed by atoms with Crippen LogP contribution in [0.15, 0.2) is 22.7 Å². The minimum Gasteiger partial charge on any atom is -0.379 e. The van der Waals surface area contributed by atoms with Gasteiger partial charge in [0.2, 0.25) is 0 Å². The van der Waals surface area contributed by atoms with Crippen molar-refractivity contribution in [3.63, 3.8) is 0 Å². The van der Waals surface area contributed by atoms with Crippen LogP contribution in [-0.2, 0) is 4.74 Å². The highest BCUT2D eigenvalue weighted by atomic mass is 79.9. The first-order chi connectivity index (χ1) is 11.1. The van der Waals surface area contributed by atoms with E-state index in [-0.39, 0.29) is 11.5 Å². The third-order valence-electron chi connectivity index (χ3n) is 4.59. The van der Waals surface area contributed by atoms with E-state index in [9.17, 15) is 9.18 Å². The van der Waals surface area contributed by atoms with Gasteiger partial charge < -0.3 is 9.64 Å². The van der Waals surface area contributed by atoms with E-state index in [1.165, 1.54) is 6.07 Å². The van der Waals surface area contributed by atoms with Gasteiger partial charge in [-0.3, -0.25) is 9.69 Å². The smallest absolute Gasteiger partial charge is 0.256 e. The zero-order chi connectivity index (χ0) is 16.2. The summed E-state index contributed by atoms with van der Waals surface area (Å²) in [6, 6.07) is 4.53. The van der Waals surface area contributed by atoms with E-state index in [1.54, 1.807) is 17.0 Å². The molecule has 4 nitrogen and oxygen atoms in total. The lowest BCUT2D eigenvalue weighted by Crippen LogP contribution is -2.46. The highest BCUT2D eigenvalue weighted by molar-refractivity contribution is 9.10. The molecule has 1 aromatic carbocycles. The molecule has 2 aliphatic heterocycles. The Hall–Kier alpha value is -0.980. The first kappa shape index (κ1) is 16.9. The quantitative estimate of drug-likeness (QED) is 0.802. The van der Waals surface area contributed by atoms with Gasteiger partial charge >= 0.3 is 0 Å². The lowest BCUT2D eigenvalue weighted by molar-refractivity contribution is 0.0223. The van der Waals surface area contributed by atoms with Crippen molar-refractivity contribution in [1.29, 1.82) is 0 Å². The van der Waals surface area contributed by atoms with Gasteiger partial charge in [0.15, 0.2) is 0 Å². The predicted molar refractivity (Wildman–Crippen MR) is 90.0 cm³/mol. The van der Waals surface area contributed by atoms with Gasteiger partial charge in [-0.15, -0.1) is 0 Å². The lowest BCUT2D eigenvalue weighted by atomic mass is 9.96. The lowest BCUT2D eigenvalue weighted by Gasteiger charge is -2.36. The van der Waals surface area contributed by atoms with Gasteiger partial charge in [-0.1, -0.05) is 15.9 Å². The predicted octanol–water partition coefficient (Wildman–Crippen LogP) is 2.77. The Kier molecular flexibility index (Phi) is 5.67. The number of hydrogen-bond acceptors (Lipinski definition) is 3. The second kappa shape index (κ2) is 7.73. The highest BCUT2D eigenvalue weighted by Crippen LogP contribution is 2.22. The Morgan fingerprint density at radius 3 is 2.87 bits per heavy atom. The summed E-state index contributed by atoms with van der Waals surface area (Å²) in [7, 11) is 0. The second-order valence-corrected chi connectivity index (χ2v) is 7.21. The molecule has 2 fully saturated rings. The van der Waals surface area contributed by atoms with Crippen molar-refractivity contribution in [1.82, 2.24) is 9.80 Å². The number of ether oxygens (including phenoxy) is 1. The summed E-state index contributed by atoms with van der Waals surface area (Å²) in [4.78, 5) is 16.9. The number of rotatable bonds is 3. The molecule has 0 radical (unpaired) electrons. The molecule has 0 aromatic heterocycles. The number of morpholine rings is 1. The van der Waals surface area contributed by atoms with Crippen LogP contribution >= 0.6 is 15.9 Å². The van der Waals surface area contributed by atoms with Crippen molar-refractivity contribution in [3.05, 3.63) is 34.1 Å². The molecule has 0 N–H and O–H groups in total. The van der Waals surface area contributed by atoms with E-state index in [0.717, 1.165) is 50.2 Å². The fourth-order valence-electron chi connectivity index (χ4n) is 3.38. The summed E-state index contributed by atoms with van der Waals surface area (Å²) < 4.78 is 20.1. The first-order valence-electron chi connectivity index (χ1n) is 8.18. The number of likely N-dealkylation sites (tertiary alicyclic amines) is 1. The molecule has 1 unspecified atom stereocenters. The van der Waals surface area contributed by atoms with Gasteiger partial charge in [0, 0.05) is 37.2 Å². The summed E-state index contributed by atoms with van der Waals surface area (Å²) in [6.45, 7) is 5.92. The van der Waals surface area contributed by atoms with Crippen molar-refractivity contribution in [3.8, 4) is 0 Å². The number of hydrogen-bond donors (Lipinski definition) is 0. The molecule has 2 heterocycles. The number of benzene rings is 1. The van der Waals surface area contributed by atoms with Crippen LogP contribution in [0.3, 0.4) is 0 Å². The third kappa shape index (κ3) is 4.31. The Bertz CT molecular complexity index is 564. The standard InChI is InChI=1S/C17H22BrFN2O2/c18-14-3-4-16(19)15(10-14)17(22)21-5-1-2-13(12-21)11-20-6-8-23-9-7-20/h3-4,10,13H,1-2,5-9,11-12H2. The second-order valence-electron chi connectivity index (χ2n) is 6.30. The van der Waals surface area contributed by atoms with Crippen LogP contribution in [-0.4, -0.2) is 61.6 Å². The molecule has 2 aliphatic rings. The normalized spacial score (nSPS) is 23.0. The number of nitrogens with zero attached hydrogens (tertiary/aromatic N) is 2. The SMILES string of the molecule is O=C(c1cc(Br)ccc1F)N1CCCC(CN2CCOCC2)C1. The number of halogens is 2. The Labute approximate surface area is 144 Å².